The van der Waals surface area contributed by atoms with Crippen LogP contribution in [0.2, 0.25) is 0 Å². The molecular weight excluding hydrogens is 250 g/mol. The number of hydrogen-bond donors (Lipinski definition) is 1. The summed E-state index contributed by atoms with van der Waals surface area (Å²) >= 11 is 0. The summed E-state index contributed by atoms with van der Waals surface area (Å²) in [6, 6.07) is 3.97. The number of rotatable bonds is 3. The number of pyridine rings is 1. The van der Waals surface area contributed by atoms with Crippen molar-refractivity contribution >= 4 is 18.3 Å². The molecule has 2 unspecified atom stereocenters. The Morgan fingerprint density at radius 2 is 2.44 bits per heavy atom. The molecule has 18 heavy (non-hydrogen) atoms. The average molecular weight is 270 g/mol. The molecule has 1 saturated heterocycles. The van der Waals surface area contributed by atoms with Gasteiger partial charge in [-0.3, -0.25) is 9.78 Å². The van der Waals surface area contributed by atoms with E-state index in [2.05, 4.69) is 4.98 Å². The van der Waals surface area contributed by atoms with Gasteiger partial charge in [-0.1, -0.05) is 6.07 Å². The van der Waals surface area contributed by atoms with Crippen LogP contribution < -0.4 is 5.73 Å². The highest BCUT2D eigenvalue weighted by Gasteiger charge is 2.28. The highest BCUT2D eigenvalue weighted by molar-refractivity contribution is 5.85. The molecule has 1 aromatic rings. The standard InChI is InChI=1S/C13H19N3O.ClH/c1-10(14)12-4-6-16(9-12)13(17)7-11-3-2-5-15-8-11;/h2-3,5,8,10,12H,4,6-7,9,14H2,1H3;1H. The quantitative estimate of drug-likeness (QED) is 0.898. The largest absolute Gasteiger partial charge is 0.342 e. The second-order valence-electron chi connectivity index (χ2n) is 4.79. The van der Waals surface area contributed by atoms with Gasteiger partial charge in [0.1, 0.15) is 0 Å². The summed E-state index contributed by atoms with van der Waals surface area (Å²) in [6.45, 7) is 3.65. The van der Waals surface area contributed by atoms with Crippen LogP contribution in [0, 0.1) is 5.92 Å². The molecule has 100 valence electrons. The van der Waals surface area contributed by atoms with Crippen molar-refractivity contribution < 1.29 is 4.79 Å². The Labute approximate surface area is 114 Å². The van der Waals surface area contributed by atoms with E-state index in [9.17, 15) is 4.79 Å². The smallest absolute Gasteiger partial charge is 0.227 e. The summed E-state index contributed by atoms with van der Waals surface area (Å²) < 4.78 is 0. The van der Waals surface area contributed by atoms with Crippen LogP contribution in [-0.4, -0.2) is 34.9 Å². The van der Waals surface area contributed by atoms with Crippen LogP contribution in [0.25, 0.3) is 0 Å². The summed E-state index contributed by atoms with van der Waals surface area (Å²) in [6.07, 6.45) is 4.93. The van der Waals surface area contributed by atoms with Gasteiger partial charge in [0.05, 0.1) is 6.42 Å². The number of aromatic nitrogens is 1. The Hall–Kier alpha value is -1.13. The predicted molar refractivity (Wildman–Crippen MR) is 73.5 cm³/mol. The van der Waals surface area contributed by atoms with Gasteiger partial charge in [-0.25, -0.2) is 0 Å². The van der Waals surface area contributed by atoms with Gasteiger partial charge in [0.2, 0.25) is 5.91 Å². The highest BCUT2D eigenvalue weighted by Crippen LogP contribution is 2.19. The fourth-order valence-corrected chi connectivity index (χ4v) is 2.23. The van der Waals surface area contributed by atoms with Crippen LogP contribution in [0.3, 0.4) is 0 Å². The fraction of sp³-hybridized carbons (Fsp3) is 0.538. The monoisotopic (exact) mass is 269 g/mol. The van der Waals surface area contributed by atoms with E-state index < -0.39 is 0 Å². The van der Waals surface area contributed by atoms with Gasteiger partial charge in [-0.15, -0.1) is 12.4 Å². The third kappa shape index (κ3) is 3.68. The Bertz CT molecular complexity index is 383. The molecule has 5 heteroatoms. The zero-order valence-electron chi connectivity index (χ0n) is 10.6. The number of nitrogens with zero attached hydrogens (tertiary/aromatic N) is 2. The van der Waals surface area contributed by atoms with Crippen molar-refractivity contribution in [3.8, 4) is 0 Å². The van der Waals surface area contributed by atoms with Crippen LogP contribution in [0.5, 0.6) is 0 Å². The SMILES string of the molecule is CC(N)C1CCN(C(=O)Cc2cccnc2)C1.Cl. The topological polar surface area (TPSA) is 59.2 Å². The second kappa shape index (κ2) is 6.71. The number of likely N-dealkylation sites (tertiary alicyclic amines) is 1. The lowest BCUT2D eigenvalue weighted by Gasteiger charge is -2.18. The number of nitrogens with two attached hydrogens (primary N) is 1. The number of carbonyl (C=O) groups excluding carboxylic acids is 1. The minimum Gasteiger partial charge on any atom is -0.342 e. The zero-order chi connectivity index (χ0) is 12.3. The molecule has 0 radical (unpaired) electrons. The zero-order valence-corrected chi connectivity index (χ0v) is 11.4. The van der Waals surface area contributed by atoms with Gasteiger partial charge in [0.15, 0.2) is 0 Å². The van der Waals surface area contributed by atoms with E-state index in [1.807, 2.05) is 24.0 Å². The van der Waals surface area contributed by atoms with Crippen molar-refractivity contribution in [2.45, 2.75) is 25.8 Å². The highest BCUT2D eigenvalue weighted by atomic mass is 35.5. The fourth-order valence-electron chi connectivity index (χ4n) is 2.23. The van der Waals surface area contributed by atoms with Crippen molar-refractivity contribution in [2.24, 2.45) is 11.7 Å². The maximum Gasteiger partial charge on any atom is 0.227 e. The van der Waals surface area contributed by atoms with Crippen LogP contribution in [-0.2, 0) is 11.2 Å². The van der Waals surface area contributed by atoms with Crippen molar-refractivity contribution in [2.75, 3.05) is 13.1 Å². The normalized spacial score (nSPS) is 20.3. The van der Waals surface area contributed by atoms with Gasteiger partial charge in [0.25, 0.3) is 0 Å². The maximum atomic E-state index is 12.0. The Morgan fingerprint density at radius 1 is 1.67 bits per heavy atom. The van der Waals surface area contributed by atoms with E-state index in [0.717, 1.165) is 25.1 Å². The summed E-state index contributed by atoms with van der Waals surface area (Å²) in [4.78, 5) is 18.0. The lowest BCUT2D eigenvalue weighted by atomic mass is 10.0. The Morgan fingerprint density at radius 3 is 3.00 bits per heavy atom. The van der Waals surface area contributed by atoms with Crippen molar-refractivity contribution in [1.29, 1.82) is 0 Å². The molecule has 2 atom stereocenters. The maximum absolute atomic E-state index is 12.0. The molecule has 0 aromatic carbocycles. The summed E-state index contributed by atoms with van der Waals surface area (Å²) in [5.41, 5.74) is 6.84. The molecule has 1 aromatic heterocycles. The van der Waals surface area contributed by atoms with Crippen LogP contribution in [0.1, 0.15) is 18.9 Å². The Kier molecular flexibility index (Phi) is 5.56. The first kappa shape index (κ1) is 14.9. The van der Waals surface area contributed by atoms with Gasteiger partial charge in [-0.05, 0) is 30.9 Å². The first-order valence-corrected chi connectivity index (χ1v) is 6.09. The molecule has 0 aliphatic carbocycles. The van der Waals surface area contributed by atoms with Crippen LogP contribution >= 0.6 is 12.4 Å². The van der Waals surface area contributed by atoms with E-state index in [0.29, 0.717) is 12.3 Å². The third-order valence-electron chi connectivity index (χ3n) is 3.40. The van der Waals surface area contributed by atoms with Gasteiger partial charge in [0, 0.05) is 31.5 Å². The molecule has 4 nitrogen and oxygen atoms in total. The number of amides is 1. The second-order valence-corrected chi connectivity index (χ2v) is 4.79. The van der Waals surface area contributed by atoms with Gasteiger partial charge in [-0.2, -0.15) is 0 Å². The minimum atomic E-state index is 0. The molecule has 0 spiro atoms. The van der Waals surface area contributed by atoms with Crippen molar-refractivity contribution in [1.82, 2.24) is 9.88 Å². The molecule has 1 aliphatic heterocycles. The lowest BCUT2D eigenvalue weighted by molar-refractivity contribution is -0.129. The molecule has 2 N–H and O–H groups in total. The van der Waals surface area contributed by atoms with E-state index >= 15 is 0 Å². The summed E-state index contributed by atoms with van der Waals surface area (Å²) in [7, 11) is 0. The third-order valence-corrected chi connectivity index (χ3v) is 3.40. The van der Waals surface area contributed by atoms with E-state index in [1.165, 1.54) is 0 Å². The molecule has 1 aliphatic rings. The van der Waals surface area contributed by atoms with E-state index in [-0.39, 0.29) is 24.4 Å². The average Bonchev–Trinajstić information content (AvgIpc) is 2.79. The molecule has 2 heterocycles. The van der Waals surface area contributed by atoms with Crippen molar-refractivity contribution in [3.05, 3.63) is 30.1 Å². The summed E-state index contributed by atoms with van der Waals surface area (Å²) in [5.74, 6) is 0.633. The molecule has 1 fully saturated rings. The lowest BCUT2D eigenvalue weighted by Crippen LogP contribution is -2.33. The first-order valence-electron chi connectivity index (χ1n) is 6.09. The molecular formula is C13H20ClN3O. The summed E-state index contributed by atoms with van der Waals surface area (Å²) in [5, 5.41) is 0. The van der Waals surface area contributed by atoms with E-state index in [1.54, 1.807) is 12.4 Å². The predicted octanol–water partition coefficient (Wildman–Crippen LogP) is 1.24. The van der Waals surface area contributed by atoms with Gasteiger partial charge >= 0.3 is 0 Å². The molecule has 2 rings (SSSR count). The number of carbonyl (C=O) groups is 1. The minimum absolute atomic E-state index is 0. The molecule has 0 saturated carbocycles. The van der Waals surface area contributed by atoms with Crippen LogP contribution in [0.15, 0.2) is 24.5 Å². The molecule has 1 amide bonds. The Balaban J connectivity index is 0.00000162. The first-order chi connectivity index (χ1) is 8.16. The number of hydrogen-bond acceptors (Lipinski definition) is 3. The van der Waals surface area contributed by atoms with Gasteiger partial charge < -0.3 is 10.6 Å². The van der Waals surface area contributed by atoms with Crippen LogP contribution in [0.4, 0.5) is 0 Å². The number of halogens is 1. The molecule has 0 bridgehead atoms. The van der Waals surface area contributed by atoms with Crippen molar-refractivity contribution in [3.63, 3.8) is 0 Å². The van der Waals surface area contributed by atoms with E-state index in [4.69, 9.17) is 5.73 Å².